The number of unbranched alkanes of at least 4 members (excludes halogenated alkanes) is 3. The summed E-state index contributed by atoms with van der Waals surface area (Å²) in [7, 11) is -4.51. The number of benzene rings is 2. The van der Waals surface area contributed by atoms with Crippen LogP contribution in [-0.4, -0.2) is 71.8 Å². The summed E-state index contributed by atoms with van der Waals surface area (Å²) in [5.74, 6) is -4.18. The largest absolute Gasteiger partial charge is 0.481 e. The molecule has 5 rings (SSSR count). The molecule has 0 saturated heterocycles. The highest BCUT2D eigenvalue weighted by atomic mass is 32.2. The smallest absolute Gasteiger partial charge is 0.451 e. The maximum atomic E-state index is 14.7. The standard InChI is InChI=1S/C46H56F3N3O7S/c1-7-9-26-52-36-16-13-12-15-34(36)43(3,4)38(52)22-18-31-27-32(30-45(29-31,41(55)46(47,48)49)42(56)50-24-14-10-11-17-40(53)54)19-23-39-44(5,6)35-28-33(60(57,58)59)20-21-37(35)51(39)25-8-2/h12-13,15-16,18-23,27-28H,7-11,14,17,24-26,29-30H2,1-6H3,(H2-,50,53,54,56,57,58,59)/p+1. The lowest BCUT2D eigenvalue weighted by atomic mass is 9.68. The van der Waals surface area contributed by atoms with Crippen molar-refractivity contribution in [3.05, 3.63) is 101 Å². The second-order valence-electron chi connectivity index (χ2n) is 17.0. The van der Waals surface area contributed by atoms with Crippen molar-refractivity contribution in [2.24, 2.45) is 5.41 Å². The predicted octanol–water partition coefficient (Wildman–Crippen LogP) is 9.28. The van der Waals surface area contributed by atoms with E-state index in [-0.39, 0.29) is 17.9 Å². The molecule has 60 heavy (non-hydrogen) atoms. The van der Waals surface area contributed by atoms with E-state index in [1.54, 1.807) is 30.4 Å². The third kappa shape index (κ3) is 9.54. The Balaban J connectivity index is 1.65. The topological polar surface area (TPSA) is 144 Å². The lowest BCUT2D eigenvalue weighted by molar-refractivity contribution is -0.438. The highest BCUT2D eigenvalue weighted by molar-refractivity contribution is 7.85. The van der Waals surface area contributed by atoms with Gasteiger partial charge in [-0.25, -0.2) is 0 Å². The van der Waals surface area contributed by atoms with Crippen LogP contribution in [0.3, 0.4) is 0 Å². The van der Waals surface area contributed by atoms with E-state index in [0.717, 1.165) is 42.0 Å². The number of anilines is 1. The van der Waals surface area contributed by atoms with Crippen LogP contribution in [0.4, 0.5) is 24.5 Å². The first-order valence-electron chi connectivity index (χ1n) is 20.6. The molecule has 0 fully saturated rings. The van der Waals surface area contributed by atoms with E-state index in [1.165, 1.54) is 12.1 Å². The number of ketones is 1. The van der Waals surface area contributed by atoms with Crippen molar-refractivity contribution in [3.63, 3.8) is 0 Å². The minimum Gasteiger partial charge on any atom is -0.481 e. The fourth-order valence-corrected chi connectivity index (χ4v) is 9.31. The van der Waals surface area contributed by atoms with E-state index in [2.05, 4.69) is 42.8 Å². The molecule has 2 aliphatic heterocycles. The summed E-state index contributed by atoms with van der Waals surface area (Å²) in [5.41, 5.74) is 1.99. The van der Waals surface area contributed by atoms with Gasteiger partial charge in [-0.2, -0.15) is 26.2 Å². The number of carbonyl (C=O) groups is 3. The van der Waals surface area contributed by atoms with Crippen molar-refractivity contribution in [1.82, 2.24) is 5.32 Å². The first-order chi connectivity index (χ1) is 28.1. The average molecular weight is 853 g/mol. The quantitative estimate of drug-likeness (QED) is 0.0619. The summed E-state index contributed by atoms with van der Waals surface area (Å²) in [6.07, 6.45) is 5.87. The first-order valence-corrected chi connectivity index (χ1v) is 22.1. The summed E-state index contributed by atoms with van der Waals surface area (Å²) in [5, 5.41) is 11.6. The number of hydrogen-bond donors (Lipinski definition) is 3. The van der Waals surface area contributed by atoms with Gasteiger partial charge in [-0.3, -0.25) is 18.9 Å². The number of carbonyl (C=O) groups excluding carboxylic acids is 2. The number of halogens is 3. The molecule has 1 amide bonds. The van der Waals surface area contributed by atoms with Gasteiger partial charge in [0.1, 0.15) is 12.0 Å². The summed E-state index contributed by atoms with van der Waals surface area (Å²) >= 11 is 0. The molecule has 0 spiro atoms. The lowest BCUT2D eigenvalue weighted by Crippen LogP contribution is -2.52. The van der Waals surface area contributed by atoms with Gasteiger partial charge in [-0.05, 0) is 86.9 Å². The summed E-state index contributed by atoms with van der Waals surface area (Å²) < 4.78 is 80.4. The first kappa shape index (κ1) is 46.2. The number of carboxylic acid groups (broad SMARTS) is 1. The molecule has 1 atom stereocenters. The maximum absolute atomic E-state index is 14.7. The van der Waals surface area contributed by atoms with Crippen LogP contribution in [0.25, 0.3) is 0 Å². The van der Waals surface area contributed by atoms with Crippen LogP contribution in [0.1, 0.15) is 110 Å². The molecule has 2 heterocycles. The molecule has 14 heteroatoms. The van der Waals surface area contributed by atoms with Crippen molar-refractivity contribution < 1.29 is 50.2 Å². The number of Topliss-reactive ketones (excluding diaryl/α,β-unsaturated/α-hetero) is 1. The van der Waals surface area contributed by atoms with Gasteiger partial charge in [-0.1, -0.05) is 77.0 Å². The molecule has 1 unspecified atom stereocenters. The molecular weight excluding hydrogens is 796 g/mol. The Labute approximate surface area is 351 Å². The Bertz CT molecular complexity index is 2290. The molecule has 1 aliphatic carbocycles. The van der Waals surface area contributed by atoms with Crippen molar-refractivity contribution in [2.45, 2.75) is 121 Å². The monoisotopic (exact) mass is 852 g/mol. The van der Waals surface area contributed by atoms with Crippen LogP contribution < -0.4 is 10.2 Å². The number of hydrogen-bond acceptors (Lipinski definition) is 6. The number of para-hydroxylation sites is 1. The molecule has 0 aromatic heterocycles. The minimum absolute atomic E-state index is 0.0376. The molecular formula is C46H57F3N3O7S+. The summed E-state index contributed by atoms with van der Waals surface area (Å²) in [6.45, 7) is 13.2. The Morgan fingerprint density at radius 3 is 2.27 bits per heavy atom. The number of amides is 1. The molecule has 2 aromatic carbocycles. The second-order valence-corrected chi connectivity index (χ2v) is 18.5. The highest BCUT2D eigenvalue weighted by Crippen LogP contribution is 2.50. The number of nitrogens with one attached hydrogen (secondary N) is 1. The number of rotatable bonds is 17. The van der Waals surface area contributed by atoms with Crippen LogP contribution in [0.5, 0.6) is 0 Å². The van der Waals surface area contributed by atoms with Crippen molar-refractivity contribution >= 4 is 44.9 Å². The lowest BCUT2D eigenvalue weighted by Gasteiger charge is -2.35. The second kappa shape index (κ2) is 18.0. The zero-order valence-corrected chi connectivity index (χ0v) is 36.1. The molecule has 0 radical (unpaired) electrons. The van der Waals surface area contributed by atoms with Gasteiger partial charge in [0.25, 0.3) is 15.9 Å². The van der Waals surface area contributed by atoms with Crippen molar-refractivity contribution in [3.8, 4) is 0 Å². The van der Waals surface area contributed by atoms with Gasteiger partial charge in [0.05, 0.1) is 10.3 Å². The molecule has 0 saturated carbocycles. The Morgan fingerprint density at radius 1 is 0.900 bits per heavy atom. The van der Waals surface area contributed by atoms with E-state index in [4.69, 9.17) is 5.11 Å². The number of nitrogens with zero attached hydrogens (tertiary/aromatic N) is 2. The van der Waals surface area contributed by atoms with Crippen LogP contribution in [-0.2, 0) is 35.3 Å². The van der Waals surface area contributed by atoms with Crippen LogP contribution in [0.2, 0.25) is 0 Å². The number of fused-ring (bicyclic) bond motifs is 2. The third-order valence-electron chi connectivity index (χ3n) is 11.9. The zero-order valence-electron chi connectivity index (χ0n) is 35.3. The van der Waals surface area contributed by atoms with E-state index < -0.39 is 63.0 Å². The van der Waals surface area contributed by atoms with Crippen LogP contribution in [0.15, 0.2) is 94.6 Å². The molecule has 10 nitrogen and oxygen atoms in total. The van der Waals surface area contributed by atoms with Gasteiger partial charge in [0, 0.05) is 60.4 Å². The maximum Gasteiger partial charge on any atom is 0.451 e. The van der Waals surface area contributed by atoms with Crippen LogP contribution in [0, 0.1) is 5.41 Å². The Hall–Kier alpha value is -4.82. The Morgan fingerprint density at radius 2 is 1.62 bits per heavy atom. The zero-order chi connectivity index (χ0) is 44.3. The van der Waals surface area contributed by atoms with E-state index >= 15 is 0 Å². The van der Waals surface area contributed by atoms with Gasteiger partial charge >= 0.3 is 12.1 Å². The van der Waals surface area contributed by atoms with E-state index in [1.807, 2.05) is 43.9 Å². The fraction of sp³-hybridized carbons (Fsp3) is 0.478. The molecule has 3 N–H and O–H groups in total. The van der Waals surface area contributed by atoms with Gasteiger partial charge in [0.2, 0.25) is 11.6 Å². The third-order valence-corrected chi connectivity index (χ3v) is 12.8. The molecule has 2 aromatic rings. The average Bonchev–Trinajstić information content (AvgIpc) is 3.52. The molecule has 0 bridgehead atoms. The highest BCUT2D eigenvalue weighted by Gasteiger charge is 2.58. The minimum atomic E-state index is -5.34. The number of allylic oxidation sites excluding steroid dienone is 8. The summed E-state index contributed by atoms with van der Waals surface area (Å²) in [4.78, 5) is 40.6. The predicted molar refractivity (Wildman–Crippen MR) is 226 cm³/mol. The van der Waals surface area contributed by atoms with Crippen molar-refractivity contribution in [2.75, 3.05) is 24.5 Å². The van der Waals surface area contributed by atoms with E-state index in [0.29, 0.717) is 54.6 Å². The fourth-order valence-electron chi connectivity index (χ4n) is 8.81. The van der Waals surface area contributed by atoms with Gasteiger partial charge < -0.3 is 15.3 Å². The van der Waals surface area contributed by atoms with E-state index in [9.17, 15) is 40.5 Å². The van der Waals surface area contributed by atoms with Crippen LogP contribution >= 0.6 is 0 Å². The van der Waals surface area contributed by atoms with Gasteiger partial charge in [0.15, 0.2) is 5.71 Å². The number of aliphatic carboxylic acids is 1. The van der Waals surface area contributed by atoms with Gasteiger partial charge in [-0.15, -0.1) is 0 Å². The van der Waals surface area contributed by atoms with Crippen molar-refractivity contribution in [1.29, 1.82) is 0 Å². The number of carboxylic acids is 1. The molecule has 324 valence electrons. The summed E-state index contributed by atoms with van der Waals surface area (Å²) in [6, 6.07) is 12.4. The normalized spacial score (nSPS) is 21.1. The Kier molecular flexibility index (Phi) is 13.9. The number of alkyl halides is 3. The SMILES string of the molecule is CCCC[N+]1=C(/C=C/C2=CC(=C/C=C3/N(CCC)c4ccc(S(=O)(=O)O)cc4C3(C)C)/CC(C(=O)NCCCCCC(=O)O)(C(=O)C(F)(F)F)C2)C(C)(C)c2ccccc21. The molecule has 3 aliphatic rings.